The van der Waals surface area contributed by atoms with E-state index in [9.17, 15) is 0 Å². The number of benzene rings is 8. The van der Waals surface area contributed by atoms with Gasteiger partial charge in [0.15, 0.2) is 0 Å². The molecule has 4 heterocycles. The third-order valence-electron chi connectivity index (χ3n) is 13.0. The van der Waals surface area contributed by atoms with Crippen molar-refractivity contribution in [3.05, 3.63) is 234 Å². The summed E-state index contributed by atoms with van der Waals surface area (Å²) in [5.74, 6) is 1.69. The molecule has 1 aliphatic carbocycles. The Hall–Kier alpha value is -7.82. The van der Waals surface area contributed by atoms with Crippen molar-refractivity contribution >= 4 is 27.5 Å². The van der Waals surface area contributed by atoms with Gasteiger partial charge in [0.2, 0.25) is 0 Å². The monoisotopic (exact) mass is 765 g/mol. The summed E-state index contributed by atoms with van der Waals surface area (Å²) in [6.07, 6.45) is 0. The summed E-state index contributed by atoms with van der Waals surface area (Å²) in [6.45, 7) is 0. The molecular formula is C56H35N3O. The minimum absolute atomic E-state index is 0.0514. The molecule has 280 valence electrons. The Bertz CT molecular complexity index is 3350. The predicted molar refractivity (Wildman–Crippen MR) is 243 cm³/mol. The number of pyridine rings is 2. The Labute approximate surface area is 347 Å². The van der Waals surface area contributed by atoms with Gasteiger partial charge in [-0.15, -0.1) is 0 Å². The standard InChI is InChI=1S/C56H35N3O/c1-3-13-34(14-4-1)48-29-26-36-23-24-37-27-30-49(58-55(37)54(36)57-48)38-25-28-46-51(31-38)60-52-33-43-42(41-19-9-12-22-50(41)59-53(43)35-15-5-2-6-16-35)32-47(52)56(46)44-20-10-7-17-39(44)40-18-8-11-21-45(40)56/h1-33,53,59H. The van der Waals surface area contributed by atoms with E-state index < -0.39 is 5.41 Å². The molecule has 1 N–H and O–H groups in total. The van der Waals surface area contributed by atoms with Gasteiger partial charge in [-0.25, -0.2) is 9.97 Å². The van der Waals surface area contributed by atoms with Crippen LogP contribution >= 0.6 is 0 Å². The van der Waals surface area contributed by atoms with Gasteiger partial charge in [-0.1, -0.05) is 164 Å². The quantitative estimate of drug-likeness (QED) is 0.182. The maximum atomic E-state index is 7.25. The minimum atomic E-state index is -0.615. The zero-order chi connectivity index (χ0) is 39.4. The number of fused-ring (bicyclic) bond motifs is 15. The van der Waals surface area contributed by atoms with E-state index in [2.05, 4.69) is 199 Å². The second kappa shape index (κ2) is 12.6. The summed E-state index contributed by atoms with van der Waals surface area (Å²) in [6, 6.07) is 71.8. The van der Waals surface area contributed by atoms with Crippen LogP contribution in [0.1, 0.15) is 39.4 Å². The van der Waals surface area contributed by atoms with Gasteiger partial charge >= 0.3 is 0 Å². The fourth-order valence-corrected chi connectivity index (χ4v) is 10.3. The van der Waals surface area contributed by atoms with Crippen molar-refractivity contribution in [3.8, 4) is 56.3 Å². The van der Waals surface area contributed by atoms with Crippen LogP contribution in [0.3, 0.4) is 0 Å². The molecule has 10 aromatic rings. The van der Waals surface area contributed by atoms with Crippen LogP contribution in [0.5, 0.6) is 11.5 Å². The molecule has 1 unspecified atom stereocenters. The number of nitrogens with zero attached hydrogens (tertiary/aromatic N) is 2. The van der Waals surface area contributed by atoms with E-state index in [-0.39, 0.29) is 6.04 Å². The topological polar surface area (TPSA) is 47.0 Å². The second-order valence-electron chi connectivity index (χ2n) is 16.1. The second-order valence-corrected chi connectivity index (χ2v) is 16.1. The van der Waals surface area contributed by atoms with Crippen LogP contribution in [0.2, 0.25) is 0 Å². The molecule has 1 atom stereocenters. The Kier molecular flexibility index (Phi) is 6.96. The number of para-hydroxylation sites is 1. The highest BCUT2D eigenvalue weighted by Crippen LogP contribution is 2.63. The summed E-state index contributed by atoms with van der Waals surface area (Å²) in [7, 11) is 0. The summed E-state index contributed by atoms with van der Waals surface area (Å²) >= 11 is 0. The molecule has 1 spiro atoms. The Morgan fingerprint density at radius 3 is 1.68 bits per heavy atom. The molecule has 0 saturated heterocycles. The van der Waals surface area contributed by atoms with Gasteiger partial charge in [-0.3, -0.25) is 0 Å². The molecule has 4 nitrogen and oxygen atoms in total. The molecule has 2 aliphatic heterocycles. The van der Waals surface area contributed by atoms with Crippen molar-refractivity contribution in [3.63, 3.8) is 0 Å². The van der Waals surface area contributed by atoms with Crippen LogP contribution in [-0.2, 0) is 5.41 Å². The SMILES string of the molecule is c1ccc(-c2ccc3ccc4ccc(-c5ccc6c(c5)Oc5cc7c(cc5C65c6ccccc6-c6ccccc65)-c5ccccc5NC7c5ccccc5)nc4c3n2)cc1. The summed E-state index contributed by atoms with van der Waals surface area (Å²) in [5, 5.41) is 6.01. The number of hydrogen-bond donors (Lipinski definition) is 1. The molecule has 0 fully saturated rings. The average molecular weight is 766 g/mol. The van der Waals surface area contributed by atoms with Crippen molar-refractivity contribution in [1.29, 1.82) is 0 Å². The van der Waals surface area contributed by atoms with Crippen LogP contribution < -0.4 is 10.1 Å². The first-order chi connectivity index (χ1) is 29.7. The Morgan fingerprint density at radius 2 is 0.983 bits per heavy atom. The first kappa shape index (κ1) is 33.2. The maximum Gasteiger partial charge on any atom is 0.132 e. The third-order valence-corrected chi connectivity index (χ3v) is 13.0. The van der Waals surface area contributed by atoms with Gasteiger partial charge in [-0.2, -0.15) is 0 Å². The molecule has 0 bridgehead atoms. The van der Waals surface area contributed by atoms with Crippen molar-refractivity contribution in [2.45, 2.75) is 11.5 Å². The molecule has 13 rings (SSSR count). The third kappa shape index (κ3) is 4.67. The van der Waals surface area contributed by atoms with E-state index in [1.807, 2.05) is 6.07 Å². The number of rotatable bonds is 3. The van der Waals surface area contributed by atoms with Crippen molar-refractivity contribution in [2.24, 2.45) is 0 Å². The number of hydrogen-bond acceptors (Lipinski definition) is 4. The highest BCUT2D eigenvalue weighted by Gasteiger charge is 2.51. The lowest BCUT2D eigenvalue weighted by atomic mass is 9.65. The van der Waals surface area contributed by atoms with E-state index in [4.69, 9.17) is 14.7 Å². The van der Waals surface area contributed by atoms with Crippen LogP contribution in [0, 0.1) is 0 Å². The Morgan fingerprint density at radius 1 is 0.417 bits per heavy atom. The van der Waals surface area contributed by atoms with Crippen molar-refractivity contribution < 1.29 is 4.74 Å². The van der Waals surface area contributed by atoms with Crippen molar-refractivity contribution in [1.82, 2.24) is 9.97 Å². The van der Waals surface area contributed by atoms with E-state index in [1.165, 1.54) is 44.5 Å². The fourth-order valence-electron chi connectivity index (χ4n) is 10.3. The lowest BCUT2D eigenvalue weighted by Crippen LogP contribution is -2.33. The summed E-state index contributed by atoms with van der Waals surface area (Å²) in [5.41, 5.74) is 18.3. The minimum Gasteiger partial charge on any atom is -0.457 e. The number of anilines is 1. The fraction of sp³-hybridized carbons (Fsp3) is 0.0357. The van der Waals surface area contributed by atoms with Crippen LogP contribution in [0.15, 0.2) is 200 Å². The molecule has 60 heavy (non-hydrogen) atoms. The van der Waals surface area contributed by atoms with Gasteiger partial charge < -0.3 is 10.1 Å². The van der Waals surface area contributed by atoms with E-state index in [1.54, 1.807) is 0 Å². The number of ether oxygens (including phenoxy) is 1. The molecular weight excluding hydrogens is 731 g/mol. The highest BCUT2D eigenvalue weighted by molar-refractivity contribution is 6.04. The molecule has 0 radical (unpaired) electrons. The van der Waals surface area contributed by atoms with Gasteiger partial charge in [0, 0.05) is 44.3 Å². The normalized spacial score (nSPS) is 14.9. The lowest BCUT2D eigenvalue weighted by Gasteiger charge is -2.41. The van der Waals surface area contributed by atoms with E-state index in [0.29, 0.717) is 0 Å². The molecule has 3 aliphatic rings. The van der Waals surface area contributed by atoms with Crippen LogP contribution in [0.25, 0.3) is 66.6 Å². The maximum absolute atomic E-state index is 7.25. The largest absolute Gasteiger partial charge is 0.457 e. The lowest BCUT2D eigenvalue weighted by molar-refractivity contribution is 0.436. The van der Waals surface area contributed by atoms with Gasteiger partial charge in [0.05, 0.1) is 33.9 Å². The average Bonchev–Trinajstić information content (AvgIpc) is 3.61. The predicted octanol–water partition coefficient (Wildman–Crippen LogP) is 13.8. The van der Waals surface area contributed by atoms with Crippen LogP contribution in [-0.4, -0.2) is 9.97 Å². The summed E-state index contributed by atoms with van der Waals surface area (Å²) in [4.78, 5) is 10.5. The van der Waals surface area contributed by atoms with Gasteiger partial charge in [-0.05, 0) is 75.3 Å². The summed E-state index contributed by atoms with van der Waals surface area (Å²) < 4.78 is 7.25. The van der Waals surface area contributed by atoms with Gasteiger partial charge in [0.25, 0.3) is 0 Å². The molecule has 2 aromatic heterocycles. The molecule has 8 aromatic carbocycles. The Balaban J connectivity index is 1.04. The zero-order valence-corrected chi connectivity index (χ0v) is 32.4. The molecule has 0 amide bonds. The van der Waals surface area contributed by atoms with Crippen molar-refractivity contribution in [2.75, 3.05) is 5.32 Å². The molecule has 0 saturated carbocycles. The smallest absolute Gasteiger partial charge is 0.132 e. The zero-order valence-electron chi connectivity index (χ0n) is 32.4. The first-order valence-corrected chi connectivity index (χ1v) is 20.6. The number of nitrogens with one attached hydrogen (secondary N) is 1. The molecule has 4 heteroatoms. The highest BCUT2D eigenvalue weighted by atomic mass is 16.5. The van der Waals surface area contributed by atoms with E-state index in [0.717, 1.165) is 72.6 Å². The van der Waals surface area contributed by atoms with Crippen LogP contribution in [0.4, 0.5) is 5.69 Å². The first-order valence-electron chi connectivity index (χ1n) is 20.6. The van der Waals surface area contributed by atoms with Gasteiger partial charge in [0.1, 0.15) is 11.5 Å². The van der Waals surface area contributed by atoms with E-state index >= 15 is 0 Å². The number of aromatic nitrogens is 2.